The van der Waals surface area contributed by atoms with Crippen molar-refractivity contribution in [2.75, 3.05) is 6.54 Å². The Hall–Kier alpha value is -1.46. The summed E-state index contributed by atoms with van der Waals surface area (Å²) in [5.41, 5.74) is 6.62. The molecule has 5 heteroatoms. The van der Waals surface area contributed by atoms with E-state index in [4.69, 9.17) is 10.5 Å². The van der Waals surface area contributed by atoms with E-state index >= 15 is 0 Å². The molecule has 16 heavy (non-hydrogen) atoms. The van der Waals surface area contributed by atoms with E-state index in [1.165, 1.54) is 12.1 Å². The van der Waals surface area contributed by atoms with Crippen molar-refractivity contribution in [1.82, 2.24) is 0 Å². The molecule has 0 aliphatic carbocycles. The molecule has 1 heterocycles. The molecule has 1 aromatic rings. The number of nitro groups is 1. The Morgan fingerprint density at radius 3 is 2.56 bits per heavy atom. The van der Waals surface area contributed by atoms with Gasteiger partial charge in [0.05, 0.1) is 17.1 Å². The summed E-state index contributed by atoms with van der Waals surface area (Å²) in [6.45, 7) is 0.531. The molecular weight excluding hydrogens is 208 g/mol. The highest BCUT2D eigenvalue weighted by molar-refractivity contribution is 5.34. The molecule has 0 bridgehead atoms. The average molecular weight is 222 g/mol. The van der Waals surface area contributed by atoms with Crippen LogP contribution in [0.5, 0.6) is 0 Å². The van der Waals surface area contributed by atoms with Crippen molar-refractivity contribution in [3.05, 3.63) is 39.9 Å². The minimum absolute atomic E-state index is 0.0364. The third-order valence-electron chi connectivity index (χ3n) is 2.85. The van der Waals surface area contributed by atoms with Crippen LogP contribution in [0.15, 0.2) is 24.3 Å². The summed E-state index contributed by atoms with van der Waals surface area (Å²) in [6, 6.07) is 6.52. The monoisotopic (exact) mass is 222 g/mol. The fourth-order valence-corrected chi connectivity index (χ4v) is 1.93. The highest BCUT2D eigenvalue weighted by atomic mass is 16.6. The molecular formula is C11H14N2O3. The third kappa shape index (κ3) is 2.20. The zero-order valence-corrected chi connectivity index (χ0v) is 8.83. The Morgan fingerprint density at radius 2 is 2.06 bits per heavy atom. The smallest absolute Gasteiger partial charge is 0.269 e. The van der Waals surface area contributed by atoms with Crippen molar-refractivity contribution >= 4 is 5.69 Å². The van der Waals surface area contributed by atoms with Crippen LogP contribution in [-0.4, -0.2) is 17.6 Å². The van der Waals surface area contributed by atoms with Gasteiger partial charge in [0.2, 0.25) is 0 Å². The first-order valence-electron chi connectivity index (χ1n) is 5.30. The number of nitrogens with two attached hydrogens (primary N) is 1. The van der Waals surface area contributed by atoms with Gasteiger partial charge in [-0.2, -0.15) is 0 Å². The summed E-state index contributed by atoms with van der Waals surface area (Å²) in [7, 11) is 0. The van der Waals surface area contributed by atoms with Gasteiger partial charge in [-0.1, -0.05) is 0 Å². The minimum atomic E-state index is -0.401. The largest absolute Gasteiger partial charge is 0.369 e. The summed E-state index contributed by atoms with van der Waals surface area (Å²) < 4.78 is 5.70. The van der Waals surface area contributed by atoms with Crippen LogP contribution < -0.4 is 5.73 Å². The van der Waals surface area contributed by atoms with Gasteiger partial charge in [0.25, 0.3) is 5.69 Å². The first-order valence-corrected chi connectivity index (χ1v) is 5.30. The molecule has 2 atom stereocenters. The Morgan fingerprint density at radius 1 is 1.38 bits per heavy atom. The summed E-state index contributed by atoms with van der Waals surface area (Å²) >= 11 is 0. The molecule has 0 amide bonds. The van der Waals surface area contributed by atoms with Gasteiger partial charge in [0.15, 0.2) is 0 Å². The lowest BCUT2D eigenvalue weighted by Crippen LogP contribution is -2.18. The number of rotatable bonds is 3. The second-order valence-corrected chi connectivity index (χ2v) is 3.91. The van der Waals surface area contributed by atoms with Gasteiger partial charge in [0.1, 0.15) is 0 Å². The maximum atomic E-state index is 10.5. The predicted octanol–water partition coefficient (Wildman–Crippen LogP) is 1.77. The zero-order valence-electron chi connectivity index (χ0n) is 8.83. The van der Waals surface area contributed by atoms with Crippen LogP contribution in [0.4, 0.5) is 5.69 Å². The van der Waals surface area contributed by atoms with Gasteiger partial charge in [-0.05, 0) is 30.5 Å². The van der Waals surface area contributed by atoms with Gasteiger partial charge in [0, 0.05) is 18.7 Å². The average Bonchev–Trinajstić information content (AvgIpc) is 2.77. The molecule has 5 nitrogen and oxygen atoms in total. The minimum Gasteiger partial charge on any atom is -0.369 e. The normalized spacial score (nSPS) is 24.6. The Kier molecular flexibility index (Phi) is 3.17. The van der Waals surface area contributed by atoms with Crippen molar-refractivity contribution in [2.24, 2.45) is 5.73 Å². The van der Waals surface area contributed by atoms with Crippen LogP contribution >= 0.6 is 0 Å². The number of non-ortho nitro benzene ring substituents is 1. The lowest BCUT2D eigenvalue weighted by atomic mass is 10.1. The van der Waals surface area contributed by atoms with Gasteiger partial charge in [-0.15, -0.1) is 0 Å². The third-order valence-corrected chi connectivity index (χ3v) is 2.85. The molecule has 2 N–H and O–H groups in total. The van der Waals surface area contributed by atoms with E-state index in [2.05, 4.69) is 0 Å². The quantitative estimate of drug-likeness (QED) is 0.624. The summed E-state index contributed by atoms with van der Waals surface area (Å²) in [6.07, 6.45) is 2.05. The van der Waals surface area contributed by atoms with E-state index < -0.39 is 4.92 Å². The van der Waals surface area contributed by atoms with Crippen LogP contribution in [0, 0.1) is 10.1 Å². The SMILES string of the molecule is NC[C@@H]1CC[C@H](c2ccc([N+](=O)[O-])cc2)O1. The molecule has 1 saturated heterocycles. The first-order chi connectivity index (χ1) is 7.70. The highest BCUT2D eigenvalue weighted by Crippen LogP contribution is 2.32. The topological polar surface area (TPSA) is 78.4 Å². The van der Waals surface area contributed by atoms with Crippen molar-refractivity contribution in [1.29, 1.82) is 0 Å². The van der Waals surface area contributed by atoms with Crippen LogP contribution in [0.25, 0.3) is 0 Å². The zero-order chi connectivity index (χ0) is 11.5. The lowest BCUT2D eigenvalue weighted by Gasteiger charge is -2.12. The summed E-state index contributed by atoms with van der Waals surface area (Å²) in [5, 5.41) is 10.5. The van der Waals surface area contributed by atoms with E-state index in [9.17, 15) is 10.1 Å². The molecule has 1 aliphatic heterocycles. The van der Waals surface area contributed by atoms with Gasteiger partial charge in [-0.25, -0.2) is 0 Å². The summed E-state index contributed by atoms with van der Waals surface area (Å²) in [4.78, 5) is 10.1. The Labute approximate surface area is 93.4 Å². The number of hydrogen-bond donors (Lipinski definition) is 1. The standard InChI is InChI=1S/C11H14N2O3/c12-7-10-5-6-11(16-10)8-1-3-9(4-2-8)13(14)15/h1-4,10-11H,5-7,12H2/t10-,11+/m0/s1. The molecule has 1 aliphatic rings. The van der Waals surface area contributed by atoms with Gasteiger partial charge >= 0.3 is 0 Å². The molecule has 0 aromatic heterocycles. The number of nitrogens with zero attached hydrogens (tertiary/aromatic N) is 1. The molecule has 0 saturated carbocycles. The van der Waals surface area contributed by atoms with E-state index in [1.807, 2.05) is 0 Å². The van der Waals surface area contributed by atoms with E-state index in [0.717, 1.165) is 18.4 Å². The highest BCUT2D eigenvalue weighted by Gasteiger charge is 2.25. The second-order valence-electron chi connectivity index (χ2n) is 3.91. The molecule has 1 fully saturated rings. The van der Waals surface area contributed by atoms with Crippen LogP contribution in [-0.2, 0) is 4.74 Å². The fourth-order valence-electron chi connectivity index (χ4n) is 1.93. The van der Waals surface area contributed by atoms with Crippen molar-refractivity contribution in [2.45, 2.75) is 25.0 Å². The Bertz CT molecular complexity index is 377. The van der Waals surface area contributed by atoms with Crippen molar-refractivity contribution in [3.8, 4) is 0 Å². The fraction of sp³-hybridized carbons (Fsp3) is 0.455. The van der Waals surface area contributed by atoms with E-state index in [-0.39, 0.29) is 17.9 Å². The van der Waals surface area contributed by atoms with Crippen molar-refractivity contribution < 1.29 is 9.66 Å². The van der Waals surface area contributed by atoms with E-state index in [1.54, 1.807) is 12.1 Å². The molecule has 0 spiro atoms. The molecule has 86 valence electrons. The molecule has 2 rings (SSSR count). The van der Waals surface area contributed by atoms with Gasteiger partial charge in [-0.3, -0.25) is 10.1 Å². The second kappa shape index (κ2) is 4.59. The molecule has 0 unspecified atom stereocenters. The van der Waals surface area contributed by atoms with Crippen LogP contribution in [0.1, 0.15) is 24.5 Å². The van der Waals surface area contributed by atoms with E-state index in [0.29, 0.717) is 6.54 Å². The molecule has 0 radical (unpaired) electrons. The van der Waals surface area contributed by atoms with Crippen LogP contribution in [0.2, 0.25) is 0 Å². The number of benzene rings is 1. The molecule has 1 aromatic carbocycles. The predicted molar refractivity (Wildman–Crippen MR) is 59.0 cm³/mol. The summed E-state index contributed by atoms with van der Waals surface area (Å²) in [5.74, 6) is 0. The maximum Gasteiger partial charge on any atom is 0.269 e. The number of hydrogen-bond acceptors (Lipinski definition) is 4. The van der Waals surface area contributed by atoms with Crippen molar-refractivity contribution in [3.63, 3.8) is 0 Å². The number of ether oxygens (including phenoxy) is 1. The number of nitro benzene ring substituents is 1. The van der Waals surface area contributed by atoms with Crippen LogP contribution in [0.3, 0.4) is 0 Å². The Balaban J connectivity index is 2.08. The lowest BCUT2D eigenvalue weighted by molar-refractivity contribution is -0.384. The van der Waals surface area contributed by atoms with Gasteiger partial charge < -0.3 is 10.5 Å². The first kappa shape index (κ1) is 11.0. The maximum absolute atomic E-state index is 10.5.